The van der Waals surface area contributed by atoms with Crippen LogP contribution in [0.3, 0.4) is 0 Å². The van der Waals surface area contributed by atoms with Crippen LogP contribution in [0.4, 0.5) is 0 Å². The van der Waals surface area contributed by atoms with Gasteiger partial charge in [0.25, 0.3) is 0 Å². The van der Waals surface area contributed by atoms with Gasteiger partial charge in [-0.15, -0.1) is 0 Å². The minimum absolute atomic E-state index is 0.336. The molecule has 1 rings (SSSR count). The number of phenols is 1. The molecule has 0 aromatic heterocycles. The first kappa shape index (κ1) is 15.0. The third-order valence-corrected chi connectivity index (χ3v) is 3.51. The summed E-state index contributed by atoms with van der Waals surface area (Å²) in [5.41, 5.74) is 1.27. The van der Waals surface area contributed by atoms with Crippen molar-refractivity contribution < 1.29 is 5.11 Å². The van der Waals surface area contributed by atoms with Gasteiger partial charge in [0.15, 0.2) is 0 Å². The Hall–Kier alpha value is -1.06. The summed E-state index contributed by atoms with van der Waals surface area (Å²) in [6.45, 7) is 7.78. The molecule has 0 amide bonds. The van der Waals surface area contributed by atoms with Gasteiger partial charge in [-0.3, -0.25) is 0 Å². The van der Waals surface area contributed by atoms with Crippen molar-refractivity contribution in [3.8, 4) is 5.75 Å². The van der Waals surface area contributed by atoms with Crippen LogP contribution in [0.25, 0.3) is 0 Å². The van der Waals surface area contributed by atoms with Crippen molar-refractivity contribution in [2.45, 2.75) is 32.7 Å². The highest BCUT2D eigenvalue weighted by Crippen LogP contribution is 2.12. The van der Waals surface area contributed by atoms with Crippen LogP contribution >= 0.6 is 0 Å². The van der Waals surface area contributed by atoms with E-state index in [1.165, 1.54) is 5.56 Å². The summed E-state index contributed by atoms with van der Waals surface area (Å²) >= 11 is 0. The fraction of sp³-hybridized carbons (Fsp3) is 0.600. The Morgan fingerprint density at radius 1 is 1.17 bits per heavy atom. The first-order chi connectivity index (χ1) is 8.69. The van der Waals surface area contributed by atoms with Crippen LogP contribution in [0.2, 0.25) is 0 Å². The van der Waals surface area contributed by atoms with Crippen molar-refractivity contribution >= 4 is 0 Å². The average molecular weight is 250 g/mol. The number of nitrogens with one attached hydrogen (secondary N) is 1. The fourth-order valence-corrected chi connectivity index (χ4v) is 2.14. The molecule has 0 aliphatic carbocycles. The van der Waals surface area contributed by atoms with Gasteiger partial charge in [-0.2, -0.15) is 0 Å². The van der Waals surface area contributed by atoms with Gasteiger partial charge in [0, 0.05) is 6.04 Å². The monoisotopic (exact) mass is 250 g/mol. The molecule has 0 heterocycles. The highest BCUT2D eigenvalue weighted by molar-refractivity contribution is 5.26. The molecule has 18 heavy (non-hydrogen) atoms. The molecule has 2 N–H and O–H groups in total. The summed E-state index contributed by atoms with van der Waals surface area (Å²) in [6.07, 6.45) is 2.16. The molecule has 0 saturated heterocycles. The molecule has 0 radical (unpaired) electrons. The number of phenolic OH excluding ortho intramolecular Hbond substituents is 1. The maximum Gasteiger partial charge on any atom is 0.115 e. The zero-order valence-electron chi connectivity index (χ0n) is 11.8. The number of nitrogens with zero attached hydrogens (tertiary/aromatic N) is 1. The minimum Gasteiger partial charge on any atom is -0.508 e. The molecule has 0 bridgehead atoms. The predicted octanol–water partition coefficient (Wildman–Crippen LogP) is 2.25. The second kappa shape index (κ2) is 8.11. The van der Waals surface area contributed by atoms with Crippen LogP contribution in [0.15, 0.2) is 24.3 Å². The molecule has 1 atom stereocenters. The molecule has 1 aromatic rings. The first-order valence-corrected chi connectivity index (χ1v) is 6.87. The van der Waals surface area contributed by atoms with E-state index in [1.54, 1.807) is 12.1 Å². The van der Waals surface area contributed by atoms with Gasteiger partial charge < -0.3 is 15.3 Å². The Bertz CT molecular complexity index is 320. The van der Waals surface area contributed by atoms with E-state index in [1.807, 2.05) is 19.2 Å². The lowest BCUT2D eigenvalue weighted by atomic mass is 10.0. The average Bonchev–Trinajstić information content (AvgIpc) is 2.40. The van der Waals surface area contributed by atoms with Crippen molar-refractivity contribution in [2.75, 3.05) is 26.7 Å². The lowest BCUT2D eigenvalue weighted by Crippen LogP contribution is -2.33. The highest BCUT2D eigenvalue weighted by atomic mass is 16.3. The normalized spacial score (nSPS) is 12.9. The van der Waals surface area contributed by atoms with E-state index < -0.39 is 0 Å². The molecule has 0 aliphatic heterocycles. The molecule has 1 unspecified atom stereocenters. The largest absolute Gasteiger partial charge is 0.508 e. The Balaban J connectivity index is 2.44. The van der Waals surface area contributed by atoms with E-state index in [-0.39, 0.29) is 0 Å². The van der Waals surface area contributed by atoms with Gasteiger partial charge in [-0.05, 0) is 57.2 Å². The van der Waals surface area contributed by atoms with Gasteiger partial charge in [-0.1, -0.05) is 26.0 Å². The molecule has 0 spiro atoms. The van der Waals surface area contributed by atoms with Gasteiger partial charge in [0.2, 0.25) is 0 Å². The van der Waals surface area contributed by atoms with Gasteiger partial charge in [-0.25, -0.2) is 0 Å². The number of benzene rings is 1. The number of hydrogen-bond donors (Lipinski definition) is 2. The van der Waals surface area contributed by atoms with Crippen molar-refractivity contribution in [1.29, 1.82) is 0 Å². The van der Waals surface area contributed by atoms with Crippen LogP contribution in [0.5, 0.6) is 5.75 Å². The van der Waals surface area contributed by atoms with Gasteiger partial charge in [0.05, 0.1) is 0 Å². The Labute approximate surface area is 111 Å². The summed E-state index contributed by atoms with van der Waals surface area (Å²) in [7, 11) is 2.02. The molecular weight excluding hydrogens is 224 g/mol. The van der Waals surface area contributed by atoms with Crippen LogP contribution in [0.1, 0.15) is 25.8 Å². The topological polar surface area (TPSA) is 35.5 Å². The van der Waals surface area contributed by atoms with Crippen LogP contribution in [-0.4, -0.2) is 42.7 Å². The minimum atomic E-state index is 0.336. The zero-order valence-corrected chi connectivity index (χ0v) is 11.8. The summed E-state index contributed by atoms with van der Waals surface area (Å²) < 4.78 is 0. The van der Waals surface area contributed by atoms with Crippen molar-refractivity contribution in [2.24, 2.45) is 0 Å². The van der Waals surface area contributed by atoms with E-state index in [0.29, 0.717) is 11.8 Å². The van der Waals surface area contributed by atoms with E-state index >= 15 is 0 Å². The lowest BCUT2D eigenvalue weighted by Gasteiger charge is -2.22. The van der Waals surface area contributed by atoms with E-state index in [4.69, 9.17) is 0 Å². The summed E-state index contributed by atoms with van der Waals surface area (Å²) in [5, 5.41) is 12.6. The summed E-state index contributed by atoms with van der Waals surface area (Å²) in [6, 6.07) is 8.00. The summed E-state index contributed by atoms with van der Waals surface area (Å²) in [4.78, 5) is 2.45. The third kappa shape index (κ3) is 5.07. The van der Waals surface area contributed by atoms with Crippen LogP contribution < -0.4 is 5.32 Å². The SMILES string of the molecule is CCN(CC)CCC(Cc1ccc(O)cc1)NC. The molecule has 3 nitrogen and oxygen atoms in total. The zero-order chi connectivity index (χ0) is 13.4. The van der Waals surface area contributed by atoms with Crippen molar-refractivity contribution in [3.63, 3.8) is 0 Å². The van der Waals surface area contributed by atoms with Gasteiger partial charge in [0.1, 0.15) is 5.75 Å². The standard InChI is InChI=1S/C15H26N2O/c1-4-17(5-2)11-10-14(16-3)12-13-6-8-15(18)9-7-13/h6-9,14,16,18H,4-5,10-12H2,1-3H3. The molecule has 0 fully saturated rings. The molecular formula is C15H26N2O. The second-order valence-corrected chi connectivity index (χ2v) is 4.67. The van der Waals surface area contributed by atoms with Crippen LogP contribution in [0, 0.1) is 0 Å². The maximum absolute atomic E-state index is 9.27. The number of hydrogen-bond acceptors (Lipinski definition) is 3. The van der Waals surface area contributed by atoms with Gasteiger partial charge >= 0.3 is 0 Å². The van der Waals surface area contributed by atoms with E-state index in [0.717, 1.165) is 32.5 Å². The highest BCUT2D eigenvalue weighted by Gasteiger charge is 2.09. The first-order valence-electron chi connectivity index (χ1n) is 6.87. The number of aromatic hydroxyl groups is 1. The molecule has 0 aliphatic rings. The quantitative estimate of drug-likeness (QED) is 0.743. The Morgan fingerprint density at radius 3 is 2.28 bits per heavy atom. The summed E-state index contributed by atoms with van der Waals surface area (Å²) in [5.74, 6) is 0.336. The molecule has 0 saturated carbocycles. The second-order valence-electron chi connectivity index (χ2n) is 4.67. The maximum atomic E-state index is 9.27. The Morgan fingerprint density at radius 2 is 1.78 bits per heavy atom. The number of rotatable bonds is 8. The molecule has 102 valence electrons. The van der Waals surface area contributed by atoms with Crippen molar-refractivity contribution in [1.82, 2.24) is 10.2 Å². The Kier molecular flexibility index (Phi) is 6.76. The van der Waals surface area contributed by atoms with E-state index in [2.05, 4.69) is 24.1 Å². The van der Waals surface area contributed by atoms with Crippen LogP contribution in [-0.2, 0) is 6.42 Å². The number of likely N-dealkylation sites (N-methyl/N-ethyl adjacent to an activating group) is 1. The fourth-order valence-electron chi connectivity index (χ4n) is 2.14. The third-order valence-electron chi connectivity index (χ3n) is 3.51. The molecule has 3 heteroatoms. The van der Waals surface area contributed by atoms with Crippen molar-refractivity contribution in [3.05, 3.63) is 29.8 Å². The lowest BCUT2D eigenvalue weighted by molar-refractivity contribution is 0.283. The predicted molar refractivity (Wildman–Crippen MR) is 77.1 cm³/mol. The smallest absolute Gasteiger partial charge is 0.115 e. The molecule has 1 aromatic carbocycles. The van der Waals surface area contributed by atoms with E-state index in [9.17, 15) is 5.11 Å².